The van der Waals surface area contributed by atoms with Gasteiger partial charge >= 0.3 is 0 Å². The third-order valence-electron chi connectivity index (χ3n) is 4.45. The molecule has 0 radical (unpaired) electrons. The summed E-state index contributed by atoms with van der Waals surface area (Å²) < 4.78 is 6.57. The summed E-state index contributed by atoms with van der Waals surface area (Å²) in [5, 5.41) is 1.40. The molecule has 0 bridgehead atoms. The molecule has 24 heavy (non-hydrogen) atoms. The highest BCUT2D eigenvalue weighted by Crippen LogP contribution is 2.33. The van der Waals surface area contributed by atoms with Crippen LogP contribution in [0.3, 0.4) is 0 Å². The van der Waals surface area contributed by atoms with E-state index in [1.54, 1.807) is 0 Å². The van der Waals surface area contributed by atoms with Gasteiger partial charge in [0.15, 0.2) is 0 Å². The maximum absolute atomic E-state index is 6.57. The van der Waals surface area contributed by atoms with Gasteiger partial charge in [-0.05, 0) is 43.2 Å². The zero-order chi connectivity index (χ0) is 17.8. The average Bonchev–Trinajstić information content (AvgIpc) is 2.51. The van der Waals surface area contributed by atoms with Gasteiger partial charge in [0, 0.05) is 5.92 Å². The zero-order valence-corrected chi connectivity index (χ0v) is 18.4. The van der Waals surface area contributed by atoms with Crippen molar-refractivity contribution in [1.82, 2.24) is 0 Å². The van der Waals surface area contributed by atoms with Crippen molar-refractivity contribution in [3.05, 3.63) is 47.4 Å². The van der Waals surface area contributed by atoms with E-state index in [1.807, 2.05) is 0 Å². The van der Waals surface area contributed by atoms with Crippen molar-refractivity contribution in [3.8, 4) is 0 Å². The summed E-state index contributed by atoms with van der Waals surface area (Å²) in [4.78, 5) is 0. The fourth-order valence-corrected chi connectivity index (χ4v) is 5.73. The summed E-state index contributed by atoms with van der Waals surface area (Å²) in [6.07, 6.45) is 6.57. The molecule has 2 rings (SSSR count). The van der Waals surface area contributed by atoms with Crippen molar-refractivity contribution in [3.63, 3.8) is 0 Å². The second kappa shape index (κ2) is 7.90. The minimum atomic E-state index is -1.63. The molecular weight excluding hydrogens is 324 g/mol. The van der Waals surface area contributed by atoms with E-state index in [-0.39, 0.29) is 0 Å². The fourth-order valence-electron chi connectivity index (χ4n) is 3.33. The van der Waals surface area contributed by atoms with Gasteiger partial charge in [0.25, 0.3) is 0 Å². The van der Waals surface area contributed by atoms with Gasteiger partial charge < -0.3 is 4.43 Å². The lowest BCUT2D eigenvalue weighted by molar-refractivity contribution is 0.286. The van der Waals surface area contributed by atoms with Crippen molar-refractivity contribution >= 4 is 21.6 Å². The molecule has 132 valence electrons. The SMILES string of the molecule is C[Si](C)(C)OC(=C=C(c1ccccc1)[Si](C)(C)C)C1CCCCC1. The molecule has 1 fully saturated rings. The monoisotopic (exact) mass is 358 g/mol. The Bertz CT molecular complexity index is 593. The van der Waals surface area contributed by atoms with Crippen molar-refractivity contribution in [2.24, 2.45) is 5.92 Å². The van der Waals surface area contributed by atoms with Gasteiger partial charge in [0.2, 0.25) is 8.32 Å². The van der Waals surface area contributed by atoms with Gasteiger partial charge in [-0.3, -0.25) is 0 Å². The Kier molecular flexibility index (Phi) is 6.36. The molecule has 0 unspecified atom stereocenters. The lowest BCUT2D eigenvalue weighted by atomic mass is 9.88. The Morgan fingerprint density at radius 2 is 1.50 bits per heavy atom. The molecule has 0 aromatic heterocycles. The van der Waals surface area contributed by atoms with Crippen LogP contribution in [0, 0.1) is 5.92 Å². The summed E-state index contributed by atoms with van der Waals surface area (Å²) >= 11 is 0. The Morgan fingerprint density at radius 1 is 0.917 bits per heavy atom. The maximum atomic E-state index is 6.57. The summed E-state index contributed by atoms with van der Waals surface area (Å²) in [5.41, 5.74) is 5.17. The highest BCUT2D eigenvalue weighted by molar-refractivity contribution is 6.93. The summed E-state index contributed by atoms with van der Waals surface area (Å²) in [5.74, 6) is 1.73. The molecule has 0 aliphatic heterocycles. The first kappa shape index (κ1) is 19.3. The van der Waals surface area contributed by atoms with E-state index in [0.717, 1.165) is 5.76 Å². The van der Waals surface area contributed by atoms with Crippen LogP contribution in [0.5, 0.6) is 0 Å². The average molecular weight is 359 g/mol. The van der Waals surface area contributed by atoms with E-state index in [1.165, 1.54) is 42.9 Å². The smallest absolute Gasteiger partial charge is 0.242 e. The van der Waals surface area contributed by atoms with Crippen molar-refractivity contribution in [2.75, 3.05) is 0 Å². The molecule has 1 nitrogen and oxygen atoms in total. The van der Waals surface area contributed by atoms with Crippen LogP contribution >= 0.6 is 0 Å². The Morgan fingerprint density at radius 3 is 2.00 bits per heavy atom. The largest absolute Gasteiger partial charge is 0.542 e. The number of benzene rings is 1. The van der Waals surface area contributed by atoms with E-state index < -0.39 is 16.4 Å². The summed E-state index contributed by atoms with van der Waals surface area (Å²) in [6, 6.07) is 10.8. The highest BCUT2D eigenvalue weighted by Gasteiger charge is 2.27. The molecule has 3 heteroatoms. The summed E-state index contributed by atoms with van der Waals surface area (Å²) in [7, 11) is -3.14. The Balaban J connectivity index is 2.57. The third-order valence-corrected chi connectivity index (χ3v) is 7.20. The molecule has 0 saturated heterocycles. The number of hydrogen-bond donors (Lipinski definition) is 0. The first-order valence-corrected chi connectivity index (χ1v) is 16.3. The molecule has 0 amide bonds. The van der Waals surface area contributed by atoms with Crippen LogP contribution in [0.4, 0.5) is 0 Å². The number of allylic oxidation sites excluding steroid dienone is 1. The van der Waals surface area contributed by atoms with Crippen LogP contribution in [0.15, 0.2) is 41.8 Å². The van der Waals surface area contributed by atoms with Gasteiger partial charge in [0.05, 0.1) is 8.07 Å². The Hall–Kier alpha value is -1.03. The van der Waals surface area contributed by atoms with Crippen molar-refractivity contribution in [1.29, 1.82) is 0 Å². The first-order valence-electron chi connectivity index (χ1n) is 9.42. The lowest BCUT2D eigenvalue weighted by Crippen LogP contribution is -2.28. The second-order valence-electron chi connectivity index (χ2n) is 9.03. The third kappa shape index (κ3) is 5.80. The summed E-state index contributed by atoms with van der Waals surface area (Å²) in [6.45, 7) is 14.1. The van der Waals surface area contributed by atoms with E-state index in [9.17, 15) is 0 Å². The molecule has 1 aliphatic rings. The minimum Gasteiger partial charge on any atom is -0.542 e. The van der Waals surface area contributed by atoms with E-state index in [4.69, 9.17) is 4.43 Å². The Labute approximate surface area is 151 Å². The number of hydrogen-bond acceptors (Lipinski definition) is 1. The van der Waals surface area contributed by atoms with Crippen molar-refractivity contribution < 1.29 is 4.43 Å². The van der Waals surface area contributed by atoms with Crippen LogP contribution < -0.4 is 0 Å². The molecule has 1 aromatic rings. The molecule has 1 aromatic carbocycles. The van der Waals surface area contributed by atoms with Crippen molar-refractivity contribution in [2.45, 2.75) is 71.4 Å². The molecule has 0 heterocycles. The molecule has 1 saturated carbocycles. The van der Waals surface area contributed by atoms with Crippen LogP contribution in [0.25, 0.3) is 5.20 Å². The molecule has 0 atom stereocenters. The minimum absolute atomic E-state index is 0.570. The van der Waals surface area contributed by atoms with E-state index >= 15 is 0 Å². The van der Waals surface area contributed by atoms with Crippen LogP contribution in [0.1, 0.15) is 37.7 Å². The maximum Gasteiger partial charge on any atom is 0.242 e. The zero-order valence-electron chi connectivity index (χ0n) is 16.4. The predicted octanol–water partition coefficient (Wildman–Crippen LogP) is 6.86. The van der Waals surface area contributed by atoms with Gasteiger partial charge in [-0.1, -0.05) is 75.0 Å². The fraction of sp³-hybridized carbons (Fsp3) is 0.571. The topological polar surface area (TPSA) is 9.23 Å². The lowest BCUT2D eigenvalue weighted by Gasteiger charge is -2.29. The van der Waals surface area contributed by atoms with E-state index in [2.05, 4.69) is 75.3 Å². The van der Waals surface area contributed by atoms with Crippen LogP contribution in [-0.2, 0) is 4.43 Å². The first-order chi connectivity index (χ1) is 11.2. The second-order valence-corrected chi connectivity index (χ2v) is 18.5. The quantitative estimate of drug-likeness (QED) is 0.317. The van der Waals surface area contributed by atoms with Crippen LogP contribution in [-0.4, -0.2) is 16.4 Å². The van der Waals surface area contributed by atoms with Gasteiger partial charge in [-0.25, -0.2) is 0 Å². The highest BCUT2D eigenvalue weighted by atomic mass is 28.4. The van der Waals surface area contributed by atoms with Gasteiger partial charge in [0.1, 0.15) is 5.76 Å². The van der Waals surface area contributed by atoms with Gasteiger partial charge in [-0.15, -0.1) is 0 Å². The normalized spacial score (nSPS) is 16.4. The molecule has 0 N–H and O–H groups in total. The standard InChI is InChI=1S/C21H34OSi2/c1-23(2,3)21(19-15-11-8-12-16-19)17-20(22-24(4,5)6)18-13-9-7-10-14-18/h8,11-12,15-16,18H,7,9-10,13-14H2,1-6H3. The van der Waals surface area contributed by atoms with E-state index in [0.29, 0.717) is 5.92 Å². The predicted molar refractivity (Wildman–Crippen MR) is 111 cm³/mol. The molecule has 1 aliphatic carbocycles. The van der Waals surface area contributed by atoms with Crippen LogP contribution in [0.2, 0.25) is 39.3 Å². The van der Waals surface area contributed by atoms with Gasteiger partial charge in [-0.2, -0.15) is 0 Å². The molecular formula is C21H34OSi2. The molecule has 0 spiro atoms. The number of rotatable bonds is 5.